The average Bonchev–Trinajstić information content (AvgIpc) is 2.68. The molecular weight excluding hydrogens is 436 g/mol. The number of aliphatic hydroxyl groups is 1. The van der Waals surface area contributed by atoms with Crippen LogP contribution in [0.25, 0.3) is 0 Å². The van der Waals surface area contributed by atoms with E-state index in [0.717, 1.165) is 16.8 Å². The summed E-state index contributed by atoms with van der Waals surface area (Å²) in [5.74, 6) is 0.790. The largest absolute Gasteiger partial charge is 0.490 e. The number of carbonyl (C=O) groups excluding carboxylic acids is 1. The smallest absolute Gasteiger partial charge is 0.262 e. The standard InChI is InChI=1S/C22H29BrN2O4/c1-5-28-19-11-16(12-24-22(3,4)14-26)10-18(23)21(19)29-13-20(27)25-17-8-6-15(2)7-9-17/h6-11,24,26H,5,12-14H2,1-4H3,(H,25,27). The zero-order valence-electron chi connectivity index (χ0n) is 17.3. The molecule has 6 nitrogen and oxygen atoms in total. The normalized spacial score (nSPS) is 11.2. The highest BCUT2D eigenvalue weighted by Crippen LogP contribution is 2.37. The molecule has 0 unspecified atom stereocenters. The van der Waals surface area contributed by atoms with Gasteiger partial charge in [-0.25, -0.2) is 0 Å². The first kappa shape index (κ1) is 23.2. The van der Waals surface area contributed by atoms with Crippen LogP contribution in [0, 0.1) is 6.92 Å². The first-order chi connectivity index (χ1) is 13.7. The summed E-state index contributed by atoms with van der Waals surface area (Å²) in [4.78, 5) is 12.2. The number of rotatable bonds is 10. The van der Waals surface area contributed by atoms with Gasteiger partial charge in [0.25, 0.3) is 5.91 Å². The molecule has 158 valence electrons. The second-order valence-electron chi connectivity index (χ2n) is 7.44. The van der Waals surface area contributed by atoms with Crippen LogP contribution in [-0.4, -0.2) is 36.4 Å². The number of ether oxygens (including phenoxy) is 2. The maximum atomic E-state index is 12.2. The van der Waals surface area contributed by atoms with E-state index in [0.29, 0.717) is 29.1 Å². The number of hydrogen-bond acceptors (Lipinski definition) is 5. The molecule has 0 fully saturated rings. The fourth-order valence-corrected chi connectivity index (χ4v) is 3.10. The number of halogens is 1. The number of aryl methyl sites for hydroxylation is 1. The lowest BCUT2D eigenvalue weighted by Gasteiger charge is -2.24. The van der Waals surface area contributed by atoms with E-state index in [1.807, 2.05) is 64.1 Å². The highest BCUT2D eigenvalue weighted by molar-refractivity contribution is 9.10. The van der Waals surface area contributed by atoms with E-state index in [1.54, 1.807) is 0 Å². The molecule has 0 radical (unpaired) electrons. The van der Waals surface area contributed by atoms with Gasteiger partial charge in [-0.1, -0.05) is 17.7 Å². The van der Waals surface area contributed by atoms with Crippen LogP contribution in [-0.2, 0) is 11.3 Å². The minimum absolute atomic E-state index is 0.0315. The third-order valence-electron chi connectivity index (χ3n) is 4.22. The lowest BCUT2D eigenvalue weighted by atomic mass is 10.1. The van der Waals surface area contributed by atoms with Crippen LogP contribution in [0.15, 0.2) is 40.9 Å². The Morgan fingerprint density at radius 1 is 1.17 bits per heavy atom. The van der Waals surface area contributed by atoms with Crippen LogP contribution in [0.5, 0.6) is 11.5 Å². The van der Waals surface area contributed by atoms with Crippen molar-refractivity contribution < 1.29 is 19.4 Å². The van der Waals surface area contributed by atoms with E-state index in [2.05, 4.69) is 26.6 Å². The summed E-state index contributed by atoms with van der Waals surface area (Å²) < 4.78 is 12.2. The topological polar surface area (TPSA) is 79.8 Å². The van der Waals surface area contributed by atoms with Crippen molar-refractivity contribution in [1.29, 1.82) is 0 Å². The van der Waals surface area contributed by atoms with E-state index in [9.17, 15) is 9.90 Å². The van der Waals surface area contributed by atoms with Crippen molar-refractivity contribution in [3.05, 3.63) is 52.0 Å². The number of nitrogens with one attached hydrogen (secondary N) is 2. The Labute approximate surface area is 180 Å². The van der Waals surface area contributed by atoms with Crippen molar-refractivity contribution in [2.45, 2.75) is 39.8 Å². The van der Waals surface area contributed by atoms with Crippen molar-refractivity contribution in [3.63, 3.8) is 0 Å². The van der Waals surface area contributed by atoms with Gasteiger partial charge in [0.15, 0.2) is 18.1 Å². The maximum absolute atomic E-state index is 12.2. The third kappa shape index (κ3) is 7.34. The Morgan fingerprint density at radius 2 is 1.86 bits per heavy atom. The van der Waals surface area contributed by atoms with Gasteiger partial charge < -0.3 is 25.2 Å². The van der Waals surface area contributed by atoms with Gasteiger partial charge in [0.2, 0.25) is 0 Å². The Morgan fingerprint density at radius 3 is 2.48 bits per heavy atom. The summed E-state index contributed by atoms with van der Waals surface area (Å²) in [6.07, 6.45) is 0. The molecule has 1 amide bonds. The molecule has 0 aliphatic heterocycles. The molecule has 0 atom stereocenters. The number of hydrogen-bond donors (Lipinski definition) is 3. The molecule has 2 aromatic carbocycles. The van der Waals surface area contributed by atoms with Crippen molar-refractivity contribution in [2.75, 3.05) is 25.1 Å². The van der Waals surface area contributed by atoms with Gasteiger partial charge in [0, 0.05) is 17.8 Å². The Bertz CT molecular complexity index is 822. The molecule has 0 aliphatic rings. The molecule has 0 bridgehead atoms. The van der Waals surface area contributed by atoms with Gasteiger partial charge in [0.1, 0.15) is 0 Å². The summed E-state index contributed by atoms with van der Waals surface area (Å²) in [6, 6.07) is 11.4. The first-order valence-electron chi connectivity index (χ1n) is 9.54. The highest BCUT2D eigenvalue weighted by Gasteiger charge is 2.18. The van der Waals surface area contributed by atoms with E-state index in [4.69, 9.17) is 9.47 Å². The van der Waals surface area contributed by atoms with Gasteiger partial charge in [-0.05, 0) is 73.5 Å². The Balaban J connectivity index is 2.06. The fraction of sp³-hybridized carbons (Fsp3) is 0.409. The lowest BCUT2D eigenvalue weighted by molar-refractivity contribution is -0.118. The van der Waals surface area contributed by atoms with E-state index < -0.39 is 0 Å². The van der Waals surface area contributed by atoms with E-state index in [1.165, 1.54) is 0 Å². The molecule has 0 heterocycles. The minimum atomic E-state index is -0.387. The van der Waals surface area contributed by atoms with Crippen molar-refractivity contribution >= 4 is 27.5 Å². The van der Waals surface area contributed by atoms with Crippen molar-refractivity contribution in [2.24, 2.45) is 0 Å². The Kier molecular flexibility index (Phi) is 8.49. The molecule has 29 heavy (non-hydrogen) atoms. The predicted molar refractivity (Wildman–Crippen MR) is 119 cm³/mol. The first-order valence-corrected chi connectivity index (χ1v) is 10.3. The zero-order chi connectivity index (χ0) is 21.4. The highest BCUT2D eigenvalue weighted by atomic mass is 79.9. The molecule has 2 rings (SSSR count). The number of anilines is 1. The zero-order valence-corrected chi connectivity index (χ0v) is 18.9. The van der Waals surface area contributed by atoms with Crippen LogP contribution in [0.3, 0.4) is 0 Å². The second-order valence-corrected chi connectivity index (χ2v) is 8.29. The van der Waals surface area contributed by atoms with Gasteiger partial charge in [-0.15, -0.1) is 0 Å². The number of aliphatic hydroxyl groups excluding tert-OH is 1. The molecule has 0 spiro atoms. The maximum Gasteiger partial charge on any atom is 0.262 e. The predicted octanol–water partition coefficient (Wildman–Crippen LogP) is 4.03. The van der Waals surface area contributed by atoms with Gasteiger partial charge in [-0.3, -0.25) is 4.79 Å². The summed E-state index contributed by atoms with van der Waals surface area (Å²) in [6.45, 7) is 8.65. The van der Waals surface area contributed by atoms with Crippen LogP contribution in [0.1, 0.15) is 31.9 Å². The minimum Gasteiger partial charge on any atom is -0.490 e. The van der Waals surface area contributed by atoms with E-state index in [-0.39, 0.29) is 24.7 Å². The van der Waals surface area contributed by atoms with Gasteiger partial charge >= 0.3 is 0 Å². The molecule has 2 aromatic rings. The third-order valence-corrected chi connectivity index (χ3v) is 4.81. The molecule has 3 N–H and O–H groups in total. The van der Waals surface area contributed by atoms with Crippen molar-refractivity contribution in [3.8, 4) is 11.5 Å². The molecule has 0 aliphatic carbocycles. The second kappa shape index (κ2) is 10.6. The fourth-order valence-electron chi connectivity index (χ4n) is 2.50. The molecule has 0 saturated heterocycles. The molecule has 7 heteroatoms. The monoisotopic (exact) mass is 464 g/mol. The number of amides is 1. The lowest BCUT2D eigenvalue weighted by Crippen LogP contribution is -2.42. The summed E-state index contributed by atoms with van der Waals surface area (Å²) in [7, 11) is 0. The van der Waals surface area contributed by atoms with Crippen LogP contribution in [0.2, 0.25) is 0 Å². The quantitative estimate of drug-likeness (QED) is 0.494. The van der Waals surface area contributed by atoms with Gasteiger partial charge in [0.05, 0.1) is 17.7 Å². The van der Waals surface area contributed by atoms with E-state index >= 15 is 0 Å². The SMILES string of the molecule is CCOc1cc(CNC(C)(C)CO)cc(Br)c1OCC(=O)Nc1ccc(C)cc1. The molecule has 0 saturated carbocycles. The van der Waals surface area contributed by atoms with Crippen LogP contribution < -0.4 is 20.1 Å². The van der Waals surface area contributed by atoms with Crippen LogP contribution >= 0.6 is 15.9 Å². The average molecular weight is 465 g/mol. The van der Waals surface area contributed by atoms with Crippen LogP contribution in [0.4, 0.5) is 5.69 Å². The molecular formula is C22H29BrN2O4. The molecule has 0 aromatic heterocycles. The summed E-state index contributed by atoms with van der Waals surface area (Å²) >= 11 is 3.52. The Hall–Kier alpha value is -2.09. The summed E-state index contributed by atoms with van der Waals surface area (Å²) in [5.41, 5.74) is 2.43. The van der Waals surface area contributed by atoms with Gasteiger partial charge in [-0.2, -0.15) is 0 Å². The summed E-state index contributed by atoms with van der Waals surface area (Å²) in [5, 5.41) is 15.5. The number of benzene rings is 2. The number of carbonyl (C=O) groups is 1. The van der Waals surface area contributed by atoms with Crippen molar-refractivity contribution in [1.82, 2.24) is 5.32 Å².